The van der Waals surface area contributed by atoms with Gasteiger partial charge in [-0.25, -0.2) is 8.78 Å². The third-order valence-electron chi connectivity index (χ3n) is 1.95. The summed E-state index contributed by atoms with van der Waals surface area (Å²) >= 11 is 0. The fourth-order valence-electron chi connectivity index (χ4n) is 1.11. The second-order valence-corrected chi connectivity index (χ2v) is 3.32. The molecule has 17 heavy (non-hydrogen) atoms. The lowest BCUT2D eigenvalue weighted by Crippen LogP contribution is -2.33. The van der Waals surface area contributed by atoms with Gasteiger partial charge >= 0.3 is 0 Å². The average molecular weight is 244 g/mol. The molecule has 0 radical (unpaired) electrons. The highest BCUT2D eigenvalue weighted by molar-refractivity contribution is 5.77. The lowest BCUT2D eigenvalue weighted by atomic mass is 10.3. The first-order chi connectivity index (χ1) is 8.13. The van der Waals surface area contributed by atoms with Crippen LogP contribution in [0.2, 0.25) is 0 Å². The molecule has 2 N–H and O–H groups in total. The van der Waals surface area contributed by atoms with Gasteiger partial charge in [0.25, 0.3) is 5.91 Å². The van der Waals surface area contributed by atoms with Gasteiger partial charge in [0.05, 0.1) is 0 Å². The van der Waals surface area contributed by atoms with Crippen molar-refractivity contribution in [2.75, 3.05) is 26.7 Å². The van der Waals surface area contributed by atoms with Gasteiger partial charge in [-0.05, 0) is 19.2 Å². The van der Waals surface area contributed by atoms with Crippen LogP contribution in [-0.4, -0.2) is 32.7 Å². The van der Waals surface area contributed by atoms with Crippen molar-refractivity contribution in [3.8, 4) is 5.75 Å². The number of carbonyl (C=O) groups excluding carboxylic acids is 1. The lowest BCUT2D eigenvalue weighted by molar-refractivity contribution is -0.123. The minimum atomic E-state index is -0.826. The molecule has 94 valence electrons. The fourth-order valence-corrected chi connectivity index (χ4v) is 1.11. The monoisotopic (exact) mass is 244 g/mol. The van der Waals surface area contributed by atoms with Crippen molar-refractivity contribution in [3.63, 3.8) is 0 Å². The molecule has 1 rings (SSSR count). The molecule has 4 nitrogen and oxygen atoms in total. The van der Waals surface area contributed by atoms with Crippen LogP contribution in [0.1, 0.15) is 0 Å². The Kier molecular flexibility index (Phi) is 5.35. The number of hydrogen-bond donors (Lipinski definition) is 2. The molecule has 0 aliphatic carbocycles. The second kappa shape index (κ2) is 6.80. The summed E-state index contributed by atoms with van der Waals surface area (Å²) < 4.78 is 30.6. The number of hydrogen-bond acceptors (Lipinski definition) is 3. The number of likely N-dealkylation sites (N-methyl/N-ethyl adjacent to an activating group) is 1. The van der Waals surface area contributed by atoms with E-state index in [9.17, 15) is 13.6 Å². The topological polar surface area (TPSA) is 50.4 Å². The van der Waals surface area contributed by atoms with Crippen LogP contribution in [0.5, 0.6) is 5.75 Å². The highest BCUT2D eigenvalue weighted by Gasteiger charge is 2.07. The molecule has 0 spiro atoms. The molecule has 0 saturated carbocycles. The Hall–Kier alpha value is -1.69. The quantitative estimate of drug-likeness (QED) is 0.723. The molecule has 0 fully saturated rings. The molecule has 0 bridgehead atoms. The van der Waals surface area contributed by atoms with Crippen molar-refractivity contribution < 1.29 is 18.3 Å². The molecule has 0 heterocycles. The number of amides is 1. The van der Waals surface area contributed by atoms with Crippen molar-refractivity contribution in [1.29, 1.82) is 0 Å². The third-order valence-corrected chi connectivity index (χ3v) is 1.95. The third kappa shape index (κ3) is 4.78. The van der Waals surface area contributed by atoms with E-state index in [2.05, 4.69) is 10.6 Å². The number of halogens is 2. The minimum Gasteiger partial charge on any atom is -0.481 e. The maximum absolute atomic E-state index is 13.1. The molecule has 1 amide bonds. The molecule has 0 aliphatic rings. The summed E-state index contributed by atoms with van der Waals surface area (Å²) in [5.74, 6) is -2.01. The molecular formula is C11H14F2N2O2. The van der Waals surface area contributed by atoms with Gasteiger partial charge < -0.3 is 15.4 Å². The van der Waals surface area contributed by atoms with Crippen molar-refractivity contribution >= 4 is 5.91 Å². The number of nitrogens with one attached hydrogen (secondary N) is 2. The largest absolute Gasteiger partial charge is 0.481 e. The Balaban J connectivity index is 2.37. The second-order valence-electron chi connectivity index (χ2n) is 3.32. The van der Waals surface area contributed by atoms with Crippen LogP contribution in [-0.2, 0) is 4.79 Å². The standard InChI is InChI=1S/C11H14F2N2O2/c1-14-4-5-15-11(16)7-17-10-3-2-8(12)6-9(10)13/h2-3,6,14H,4-5,7H2,1H3,(H,15,16). The lowest BCUT2D eigenvalue weighted by Gasteiger charge is -2.07. The summed E-state index contributed by atoms with van der Waals surface area (Å²) in [4.78, 5) is 11.2. The molecule has 0 unspecified atom stereocenters. The summed E-state index contributed by atoms with van der Waals surface area (Å²) in [7, 11) is 1.76. The van der Waals surface area contributed by atoms with Gasteiger partial charge in [-0.1, -0.05) is 0 Å². The number of benzene rings is 1. The number of rotatable bonds is 6. The molecule has 0 aliphatic heterocycles. The van der Waals surface area contributed by atoms with Crippen molar-refractivity contribution in [2.45, 2.75) is 0 Å². The minimum absolute atomic E-state index is 0.143. The molecule has 1 aromatic carbocycles. The van der Waals surface area contributed by atoms with E-state index in [-0.39, 0.29) is 18.3 Å². The zero-order chi connectivity index (χ0) is 12.7. The molecule has 0 saturated heterocycles. The summed E-state index contributed by atoms with van der Waals surface area (Å²) in [6.07, 6.45) is 0. The first-order valence-corrected chi connectivity index (χ1v) is 5.12. The van der Waals surface area contributed by atoms with Crippen LogP contribution in [0.15, 0.2) is 18.2 Å². The zero-order valence-electron chi connectivity index (χ0n) is 9.43. The Morgan fingerprint density at radius 1 is 1.35 bits per heavy atom. The Morgan fingerprint density at radius 2 is 2.12 bits per heavy atom. The zero-order valence-corrected chi connectivity index (χ0v) is 9.43. The van der Waals surface area contributed by atoms with Crippen molar-refractivity contribution in [3.05, 3.63) is 29.8 Å². The van der Waals surface area contributed by atoms with Gasteiger partial charge in [0.2, 0.25) is 0 Å². The predicted octanol–water partition coefficient (Wildman–Crippen LogP) is 0.679. The van der Waals surface area contributed by atoms with E-state index < -0.39 is 11.6 Å². The van der Waals surface area contributed by atoms with E-state index >= 15 is 0 Å². The summed E-state index contributed by atoms with van der Waals surface area (Å²) in [6.45, 7) is 0.799. The summed E-state index contributed by atoms with van der Waals surface area (Å²) in [5.41, 5.74) is 0. The van der Waals surface area contributed by atoms with Gasteiger partial charge in [0, 0.05) is 19.2 Å². The van der Waals surface area contributed by atoms with Gasteiger partial charge in [-0.15, -0.1) is 0 Å². The predicted molar refractivity (Wildman–Crippen MR) is 58.8 cm³/mol. The fraction of sp³-hybridized carbons (Fsp3) is 0.364. The highest BCUT2D eigenvalue weighted by Crippen LogP contribution is 2.17. The van der Waals surface area contributed by atoms with Crippen LogP contribution in [0.25, 0.3) is 0 Å². The highest BCUT2D eigenvalue weighted by atomic mass is 19.1. The van der Waals surface area contributed by atoms with E-state index in [0.29, 0.717) is 19.2 Å². The molecule has 6 heteroatoms. The number of ether oxygens (including phenoxy) is 1. The maximum Gasteiger partial charge on any atom is 0.257 e. The number of carbonyl (C=O) groups is 1. The summed E-state index contributed by atoms with van der Waals surface area (Å²) in [6, 6.07) is 2.91. The van der Waals surface area contributed by atoms with Crippen LogP contribution in [0, 0.1) is 11.6 Å². The van der Waals surface area contributed by atoms with E-state index in [1.165, 1.54) is 0 Å². The van der Waals surface area contributed by atoms with Crippen LogP contribution >= 0.6 is 0 Å². The first-order valence-electron chi connectivity index (χ1n) is 5.12. The Labute approximate surface area is 98.0 Å². The van der Waals surface area contributed by atoms with E-state index in [0.717, 1.165) is 12.1 Å². The van der Waals surface area contributed by atoms with Crippen LogP contribution in [0.4, 0.5) is 8.78 Å². The van der Waals surface area contributed by atoms with Crippen molar-refractivity contribution in [1.82, 2.24) is 10.6 Å². The normalized spacial score (nSPS) is 10.1. The smallest absolute Gasteiger partial charge is 0.257 e. The maximum atomic E-state index is 13.1. The van der Waals surface area contributed by atoms with E-state index in [4.69, 9.17) is 4.74 Å². The molecule has 0 aromatic heterocycles. The van der Waals surface area contributed by atoms with Crippen molar-refractivity contribution in [2.24, 2.45) is 0 Å². The van der Waals surface area contributed by atoms with Crippen LogP contribution < -0.4 is 15.4 Å². The van der Waals surface area contributed by atoms with Crippen LogP contribution in [0.3, 0.4) is 0 Å². The van der Waals surface area contributed by atoms with E-state index in [1.54, 1.807) is 7.05 Å². The van der Waals surface area contributed by atoms with Gasteiger partial charge in [0.15, 0.2) is 18.2 Å². The van der Waals surface area contributed by atoms with E-state index in [1.807, 2.05) is 0 Å². The van der Waals surface area contributed by atoms with Gasteiger partial charge in [-0.3, -0.25) is 4.79 Å². The SMILES string of the molecule is CNCCNC(=O)COc1ccc(F)cc1F. The first kappa shape index (κ1) is 13.4. The molecular weight excluding hydrogens is 230 g/mol. The molecule has 1 aromatic rings. The molecule has 0 atom stereocenters. The van der Waals surface area contributed by atoms with Gasteiger partial charge in [0.1, 0.15) is 5.82 Å². The Bertz CT molecular complexity index is 386. The Morgan fingerprint density at radius 3 is 2.76 bits per heavy atom. The average Bonchev–Trinajstić information content (AvgIpc) is 2.28. The summed E-state index contributed by atoms with van der Waals surface area (Å²) in [5, 5.41) is 5.42. The van der Waals surface area contributed by atoms with Gasteiger partial charge in [-0.2, -0.15) is 0 Å².